The maximum Gasteiger partial charge on any atom is 0.266 e. The largest absolute Gasteiger partial charge is 0.484 e. The Balaban J connectivity index is 2.00. The van der Waals surface area contributed by atoms with Crippen LogP contribution in [0.1, 0.15) is 0 Å². The Morgan fingerprint density at radius 1 is 1.32 bits per heavy atom. The molecule has 28 heavy (non-hydrogen) atoms. The number of sulfonamides is 1. The van der Waals surface area contributed by atoms with Crippen molar-refractivity contribution in [2.75, 3.05) is 25.1 Å². The van der Waals surface area contributed by atoms with Crippen LogP contribution in [-0.4, -0.2) is 43.8 Å². The van der Waals surface area contributed by atoms with Gasteiger partial charge in [-0.3, -0.25) is 4.79 Å². The Morgan fingerprint density at radius 2 is 2.11 bits per heavy atom. The second-order valence-corrected chi connectivity index (χ2v) is 7.47. The number of nitrogens with one attached hydrogen (secondary N) is 2. The molecular weight excluding hydrogens is 415 g/mol. The van der Waals surface area contributed by atoms with Gasteiger partial charge in [-0.2, -0.15) is 4.98 Å². The number of H-pyrrole nitrogens is 1. The van der Waals surface area contributed by atoms with Gasteiger partial charge in [0.15, 0.2) is 5.75 Å². The van der Waals surface area contributed by atoms with Crippen molar-refractivity contribution in [2.45, 2.75) is 4.90 Å². The van der Waals surface area contributed by atoms with Crippen molar-refractivity contribution >= 4 is 38.3 Å². The SMILES string of the molecule is COc1nc(NS(=O)(=O)c2c[nH]c(=O)c3cc(Cl)ccc23)ncc1OCCF. The minimum absolute atomic E-state index is 0.0623. The fraction of sp³-hybridized carbons (Fsp3) is 0.188. The van der Waals surface area contributed by atoms with Crippen LogP contribution in [0.2, 0.25) is 5.02 Å². The number of ether oxygens (including phenoxy) is 2. The zero-order chi connectivity index (χ0) is 20.3. The minimum atomic E-state index is -4.17. The van der Waals surface area contributed by atoms with Gasteiger partial charge in [-0.05, 0) is 12.1 Å². The molecule has 0 bridgehead atoms. The fourth-order valence-electron chi connectivity index (χ4n) is 2.40. The van der Waals surface area contributed by atoms with Gasteiger partial charge in [0.1, 0.15) is 18.2 Å². The number of pyridine rings is 1. The molecule has 0 aliphatic heterocycles. The van der Waals surface area contributed by atoms with Crippen LogP contribution in [-0.2, 0) is 10.0 Å². The van der Waals surface area contributed by atoms with E-state index in [0.717, 1.165) is 12.4 Å². The first-order valence-corrected chi connectivity index (χ1v) is 9.65. The van der Waals surface area contributed by atoms with Gasteiger partial charge in [-0.1, -0.05) is 17.7 Å². The van der Waals surface area contributed by atoms with Crippen LogP contribution < -0.4 is 19.8 Å². The van der Waals surface area contributed by atoms with Crippen molar-refractivity contribution in [3.05, 3.63) is 46.0 Å². The first kappa shape index (κ1) is 19.8. The average molecular weight is 429 g/mol. The number of benzene rings is 1. The topological polar surface area (TPSA) is 123 Å². The van der Waals surface area contributed by atoms with Gasteiger partial charge in [0.25, 0.3) is 21.5 Å². The molecule has 9 nitrogen and oxygen atoms in total. The van der Waals surface area contributed by atoms with E-state index in [9.17, 15) is 17.6 Å². The van der Waals surface area contributed by atoms with Crippen molar-refractivity contribution in [2.24, 2.45) is 0 Å². The zero-order valence-electron chi connectivity index (χ0n) is 14.4. The number of methoxy groups -OCH3 is 1. The highest BCUT2D eigenvalue weighted by molar-refractivity contribution is 7.93. The number of hydrogen-bond donors (Lipinski definition) is 2. The normalized spacial score (nSPS) is 11.4. The minimum Gasteiger partial charge on any atom is -0.484 e. The summed E-state index contributed by atoms with van der Waals surface area (Å²) < 4.78 is 50.1. The number of alkyl halides is 1. The highest BCUT2D eigenvalue weighted by Gasteiger charge is 2.21. The van der Waals surface area contributed by atoms with Crippen molar-refractivity contribution in [3.63, 3.8) is 0 Å². The summed E-state index contributed by atoms with van der Waals surface area (Å²) in [5, 5.41) is 0.580. The van der Waals surface area contributed by atoms with Crippen molar-refractivity contribution < 1.29 is 22.3 Å². The molecular formula is C16H14ClFN4O5S. The van der Waals surface area contributed by atoms with Crippen molar-refractivity contribution in [3.8, 4) is 11.6 Å². The molecule has 0 atom stereocenters. The molecule has 12 heteroatoms. The van der Waals surface area contributed by atoms with Gasteiger partial charge in [0.2, 0.25) is 5.95 Å². The second kappa shape index (κ2) is 7.98. The lowest BCUT2D eigenvalue weighted by Crippen LogP contribution is -2.18. The van der Waals surface area contributed by atoms with Crippen LogP contribution in [0.25, 0.3) is 10.8 Å². The van der Waals surface area contributed by atoms with Crippen LogP contribution in [0.3, 0.4) is 0 Å². The number of nitrogens with zero attached hydrogens (tertiary/aromatic N) is 2. The summed E-state index contributed by atoms with van der Waals surface area (Å²) in [4.78, 5) is 21.9. The summed E-state index contributed by atoms with van der Waals surface area (Å²) in [5.74, 6) is -0.302. The van der Waals surface area contributed by atoms with E-state index < -0.39 is 22.3 Å². The summed E-state index contributed by atoms with van der Waals surface area (Å²) in [7, 11) is -2.88. The molecule has 0 saturated heterocycles. The number of aromatic nitrogens is 3. The van der Waals surface area contributed by atoms with E-state index in [0.29, 0.717) is 0 Å². The Labute approximate surface area is 163 Å². The second-order valence-electron chi connectivity index (χ2n) is 5.38. The molecule has 2 heterocycles. The molecule has 0 saturated carbocycles. The summed E-state index contributed by atoms with van der Waals surface area (Å²) in [6, 6.07) is 4.26. The lowest BCUT2D eigenvalue weighted by atomic mass is 10.2. The molecule has 3 rings (SSSR count). The Morgan fingerprint density at radius 3 is 2.82 bits per heavy atom. The van der Waals surface area contributed by atoms with Gasteiger partial charge in [-0.15, -0.1) is 0 Å². The van der Waals surface area contributed by atoms with Gasteiger partial charge < -0.3 is 14.5 Å². The van der Waals surface area contributed by atoms with Crippen molar-refractivity contribution in [1.29, 1.82) is 0 Å². The maximum atomic E-state index is 12.8. The van der Waals surface area contributed by atoms with Gasteiger partial charge in [0.05, 0.1) is 13.3 Å². The number of fused-ring (bicyclic) bond motifs is 1. The van der Waals surface area contributed by atoms with E-state index in [1.54, 1.807) is 0 Å². The number of hydrogen-bond acceptors (Lipinski definition) is 7. The molecule has 1 aromatic carbocycles. The lowest BCUT2D eigenvalue weighted by molar-refractivity contribution is 0.256. The van der Waals surface area contributed by atoms with E-state index in [-0.39, 0.29) is 44.9 Å². The molecule has 0 aliphatic carbocycles. The molecule has 0 amide bonds. The van der Waals surface area contributed by atoms with Gasteiger partial charge >= 0.3 is 0 Å². The quantitative estimate of drug-likeness (QED) is 0.590. The van der Waals surface area contributed by atoms with E-state index in [2.05, 4.69) is 19.7 Å². The maximum absolute atomic E-state index is 12.8. The first-order valence-electron chi connectivity index (χ1n) is 7.79. The molecule has 2 N–H and O–H groups in total. The predicted octanol–water partition coefficient (Wildman–Crippen LogP) is 2.13. The fourth-order valence-corrected chi connectivity index (χ4v) is 3.70. The van der Waals surface area contributed by atoms with E-state index in [1.807, 2.05) is 0 Å². The lowest BCUT2D eigenvalue weighted by Gasteiger charge is -2.12. The van der Waals surface area contributed by atoms with Crippen LogP contribution >= 0.6 is 11.6 Å². The molecule has 3 aromatic rings. The summed E-state index contributed by atoms with van der Waals surface area (Å²) in [5.41, 5.74) is -0.483. The standard InChI is InChI=1S/C16H14ClFN4O5S/c1-26-15-12(27-5-4-18)7-20-16(21-15)22-28(24,25)13-8-19-14(23)11-6-9(17)2-3-10(11)13/h2-3,6-8H,4-5H2,1H3,(H,19,23)(H,20,21,22). The van der Waals surface area contributed by atoms with Crippen LogP contribution in [0.5, 0.6) is 11.6 Å². The van der Waals surface area contributed by atoms with E-state index in [4.69, 9.17) is 21.1 Å². The highest BCUT2D eigenvalue weighted by atomic mass is 35.5. The molecule has 0 spiro atoms. The third-order valence-corrected chi connectivity index (χ3v) is 5.19. The third kappa shape index (κ3) is 3.99. The molecule has 2 aromatic heterocycles. The molecule has 0 fully saturated rings. The molecule has 0 radical (unpaired) electrons. The van der Waals surface area contributed by atoms with E-state index >= 15 is 0 Å². The first-order chi connectivity index (χ1) is 13.4. The molecule has 0 aliphatic rings. The predicted molar refractivity (Wildman–Crippen MR) is 100 cm³/mol. The smallest absolute Gasteiger partial charge is 0.266 e. The number of aromatic amines is 1. The zero-order valence-corrected chi connectivity index (χ0v) is 16.0. The monoisotopic (exact) mass is 428 g/mol. The Bertz CT molecular complexity index is 1190. The summed E-state index contributed by atoms with van der Waals surface area (Å²) in [6.45, 7) is -0.947. The van der Waals surface area contributed by atoms with Gasteiger partial charge in [0, 0.05) is 22.0 Å². The average Bonchev–Trinajstić information content (AvgIpc) is 2.67. The summed E-state index contributed by atoms with van der Waals surface area (Å²) in [6.07, 6.45) is 2.22. The number of rotatable bonds is 7. The van der Waals surface area contributed by atoms with Gasteiger partial charge in [-0.25, -0.2) is 22.5 Å². The Kier molecular flexibility index (Phi) is 5.66. The third-order valence-electron chi connectivity index (χ3n) is 3.59. The van der Waals surface area contributed by atoms with Crippen LogP contribution in [0.15, 0.2) is 40.3 Å². The van der Waals surface area contributed by atoms with Crippen molar-refractivity contribution in [1.82, 2.24) is 15.0 Å². The highest BCUT2D eigenvalue weighted by Crippen LogP contribution is 2.27. The molecule has 0 unspecified atom stereocenters. The number of anilines is 1. The van der Waals surface area contributed by atoms with E-state index in [1.165, 1.54) is 25.3 Å². The van der Waals surface area contributed by atoms with Crippen LogP contribution in [0, 0.1) is 0 Å². The number of halogens is 2. The molecule has 148 valence electrons. The van der Waals surface area contributed by atoms with Crippen LogP contribution in [0.4, 0.5) is 10.3 Å². The Hall–Kier alpha value is -2.92. The summed E-state index contributed by atoms with van der Waals surface area (Å²) >= 11 is 5.88.